The van der Waals surface area contributed by atoms with Crippen molar-refractivity contribution in [3.05, 3.63) is 0 Å². The van der Waals surface area contributed by atoms with Gasteiger partial charge in [-0.1, -0.05) is 27.7 Å². The highest BCUT2D eigenvalue weighted by atomic mass is 16.2. The Morgan fingerprint density at radius 3 is 1.65 bits per heavy atom. The molecular weight excluding hydrogens is 212 g/mol. The molecule has 3 heteroatoms. The van der Waals surface area contributed by atoms with Gasteiger partial charge >= 0.3 is 0 Å². The normalized spacial score (nSPS) is 23.4. The van der Waals surface area contributed by atoms with Crippen LogP contribution in [0.2, 0.25) is 0 Å². The highest BCUT2D eigenvalue weighted by Gasteiger charge is 2.66. The van der Waals surface area contributed by atoms with E-state index in [0.717, 1.165) is 0 Å². The molecule has 0 aromatic carbocycles. The zero-order valence-electron chi connectivity index (χ0n) is 12.6. The van der Waals surface area contributed by atoms with Crippen molar-refractivity contribution in [2.24, 2.45) is 22.0 Å². The first-order valence-corrected chi connectivity index (χ1v) is 6.36. The number of nitrogens with two attached hydrogens (primary N) is 1. The number of carbonyl (C=O) groups is 1. The van der Waals surface area contributed by atoms with E-state index in [4.69, 9.17) is 5.73 Å². The maximum absolute atomic E-state index is 12.3. The highest BCUT2D eigenvalue weighted by molar-refractivity contribution is 5.84. The molecule has 1 aliphatic rings. The van der Waals surface area contributed by atoms with Gasteiger partial charge in [0.25, 0.3) is 0 Å². The quantitative estimate of drug-likeness (QED) is 0.795. The highest BCUT2D eigenvalue weighted by Crippen LogP contribution is 2.62. The smallest absolute Gasteiger partial charge is 0.227 e. The molecule has 0 heterocycles. The Morgan fingerprint density at radius 1 is 1.06 bits per heavy atom. The summed E-state index contributed by atoms with van der Waals surface area (Å²) in [6.07, 6.45) is 0. The average Bonchev–Trinajstić information content (AvgIpc) is 2.45. The van der Waals surface area contributed by atoms with Gasteiger partial charge < -0.3 is 11.1 Å². The van der Waals surface area contributed by atoms with Crippen LogP contribution in [0.4, 0.5) is 0 Å². The lowest BCUT2D eigenvalue weighted by Crippen LogP contribution is -2.56. The summed E-state index contributed by atoms with van der Waals surface area (Å²) in [5, 5.41) is 3.16. The second-order valence-corrected chi connectivity index (χ2v) is 7.70. The third-order valence-electron chi connectivity index (χ3n) is 5.47. The van der Waals surface area contributed by atoms with Crippen molar-refractivity contribution >= 4 is 5.91 Å². The molecule has 3 N–H and O–H groups in total. The average molecular weight is 240 g/mol. The Balaban J connectivity index is 2.77. The zero-order valence-corrected chi connectivity index (χ0v) is 12.6. The van der Waals surface area contributed by atoms with E-state index in [1.807, 2.05) is 27.7 Å². The summed E-state index contributed by atoms with van der Waals surface area (Å²) in [4.78, 5) is 12.3. The lowest BCUT2D eigenvalue weighted by atomic mass is 9.74. The fraction of sp³-hybridized carbons (Fsp3) is 0.929. The molecule has 0 atom stereocenters. The number of amides is 1. The van der Waals surface area contributed by atoms with Gasteiger partial charge in [-0.25, -0.2) is 0 Å². The van der Waals surface area contributed by atoms with E-state index < -0.39 is 11.0 Å². The van der Waals surface area contributed by atoms with Gasteiger partial charge in [0.2, 0.25) is 5.91 Å². The summed E-state index contributed by atoms with van der Waals surface area (Å²) < 4.78 is 0. The molecule has 0 saturated heterocycles. The predicted molar refractivity (Wildman–Crippen MR) is 71.5 cm³/mol. The Hall–Kier alpha value is -0.570. The number of rotatable bonds is 3. The van der Waals surface area contributed by atoms with Crippen molar-refractivity contribution < 1.29 is 4.79 Å². The molecule has 0 unspecified atom stereocenters. The number of hydrogen-bond acceptors (Lipinski definition) is 2. The molecule has 0 aromatic rings. The van der Waals surface area contributed by atoms with Crippen molar-refractivity contribution in [3.8, 4) is 0 Å². The molecule has 17 heavy (non-hydrogen) atoms. The molecular formula is C14H28N2O. The van der Waals surface area contributed by atoms with Crippen molar-refractivity contribution in [3.63, 3.8) is 0 Å². The maximum atomic E-state index is 12.3. The molecule has 100 valence electrons. The van der Waals surface area contributed by atoms with Crippen LogP contribution >= 0.6 is 0 Å². The van der Waals surface area contributed by atoms with Crippen LogP contribution in [0.25, 0.3) is 0 Å². The minimum Gasteiger partial charge on any atom is -0.352 e. The van der Waals surface area contributed by atoms with Gasteiger partial charge in [0, 0.05) is 11.6 Å². The predicted octanol–water partition coefficient (Wildman–Crippen LogP) is 2.30. The number of carbonyl (C=O) groups excluding carboxylic acids is 1. The minimum atomic E-state index is -0.568. The minimum absolute atomic E-state index is 0.0497. The summed E-state index contributed by atoms with van der Waals surface area (Å²) in [6.45, 7) is 16.4. The molecule has 0 spiro atoms. The SMILES string of the molecule is CC(C)(N)C(C)(C)C(=O)NC1C(C)(C)C1(C)C. The molecule has 3 nitrogen and oxygen atoms in total. The van der Waals surface area contributed by atoms with Crippen LogP contribution in [0.15, 0.2) is 0 Å². The van der Waals surface area contributed by atoms with E-state index in [2.05, 4.69) is 33.0 Å². The van der Waals surface area contributed by atoms with Crippen molar-refractivity contribution in [1.82, 2.24) is 5.32 Å². The summed E-state index contributed by atoms with van der Waals surface area (Å²) >= 11 is 0. The van der Waals surface area contributed by atoms with E-state index >= 15 is 0 Å². The molecule has 0 aromatic heterocycles. The molecule has 0 radical (unpaired) electrons. The first-order valence-electron chi connectivity index (χ1n) is 6.36. The molecule has 1 saturated carbocycles. The fourth-order valence-corrected chi connectivity index (χ4v) is 2.16. The second-order valence-electron chi connectivity index (χ2n) is 7.70. The van der Waals surface area contributed by atoms with E-state index in [1.165, 1.54) is 0 Å². The van der Waals surface area contributed by atoms with Crippen LogP contribution < -0.4 is 11.1 Å². The van der Waals surface area contributed by atoms with Gasteiger partial charge in [-0.15, -0.1) is 0 Å². The first-order chi connectivity index (χ1) is 7.26. The van der Waals surface area contributed by atoms with Crippen LogP contribution in [0.5, 0.6) is 0 Å². The Bertz CT molecular complexity index is 321. The molecule has 1 fully saturated rings. The standard InChI is InChI=1S/C14H28N2O/c1-11(2)9(12(11,3)4)16-10(17)13(5,6)14(7,8)15/h9H,15H2,1-8H3,(H,16,17). The van der Waals surface area contributed by atoms with Gasteiger partial charge in [-0.2, -0.15) is 0 Å². The summed E-state index contributed by atoms with van der Waals surface area (Å²) in [6, 6.07) is 0.240. The summed E-state index contributed by atoms with van der Waals surface area (Å²) in [7, 11) is 0. The zero-order chi connectivity index (χ0) is 13.9. The van der Waals surface area contributed by atoms with Crippen LogP contribution in [-0.2, 0) is 4.79 Å². The summed E-state index contributed by atoms with van der Waals surface area (Å²) in [5.74, 6) is 0.0497. The van der Waals surface area contributed by atoms with E-state index in [-0.39, 0.29) is 22.8 Å². The van der Waals surface area contributed by atoms with Crippen molar-refractivity contribution in [2.75, 3.05) is 0 Å². The fourth-order valence-electron chi connectivity index (χ4n) is 2.16. The van der Waals surface area contributed by atoms with E-state index in [9.17, 15) is 4.79 Å². The van der Waals surface area contributed by atoms with Gasteiger partial charge in [-0.05, 0) is 38.5 Å². The molecule has 0 aliphatic heterocycles. The van der Waals surface area contributed by atoms with E-state index in [1.54, 1.807) is 0 Å². The van der Waals surface area contributed by atoms with Crippen LogP contribution in [0.3, 0.4) is 0 Å². The van der Waals surface area contributed by atoms with Crippen LogP contribution in [-0.4, -0.2) is 17.5 Å². The van der Waals surface area contributed by atoms with Crippen LogP contribution in [0, 0.1) is 16.2 Å². The lowest BCUT2D eigenvalue weighted by molar-refractivity contribution is -0.132. The number of hydrogen-bond donors (Lipinski definition) is 2. The van der Waals surface area contributed by atoms with Gasteiger partial charge in [-0.3, -0.25) is 4.79 Å². The van der Waals surface area contributed by atoms with Gasteiger partial charge in [0.05, 0.1) is 5.41 Å². The molecule has 1 rings (SSSR count). The molecule has 1 amide bonds. The van der Waals surface area contributed by atoms with Crippen LogP contribution in [0.1, 0.15) is 55.4 Å². The third-order valence-corrected chi connectivity index (χ3v) is 5.47. The lowest BCUT2D eigenvalue weighted by Gasteiger charge is -2.37. The first kappa shape index (κ1) is 14.5. The molecule has 0 bridgehead atoms. The Kier molecular flexibility index (Phi) is 2.96. The summed E-state index contributed by atoms with van der Waals surface area (Å²) in [5.41, 5.74) is 5.32. The van der Waals surface area contributed by atoms with Gasteiger partial charge in [0.1, 0.15) is 0 Å². The topological polar surface area (TPSA) is 55.1 Å². The van der Waals surface area contributed by atoms with Gasteiger partial charge in [0.15, 0.2) is 0 Å². The monoisotopic (exact) mass is 240 g/mol. The number of nitrogens with one attached hydrogen (secondary N) is 1. The maximum Gasteiger partial charge on any atom is 0.227 e. The second kappa shape index (κ2) is 3.47. The van der Waals surface area contributed by atoms with Crippen molar-refractivity contribution in [1.29, 1.82) is 0 Å². The van der Waals surface area contributed by atoms with Crippen molar-refractivity contribution in [2.45, 2.75) is 67.0 Å². The largest absolute Gasteiger partial charge is 0.352 e. The molecule has 1 aliphatic carbocycles. The Labute approximate surface area is 106 Å². The Morgan fingerprint density at radius 2 is 1.41 bits per heavy atom. The van der Waals surface area contributed by atoms with E-state index in [0.29, 0.717) is 0 Å². The third kappa shape index (κ3) is 1.99.